The van der Waals surface area contributed by atoms with Crippen LogP contribution in [0.2, 0.25) is 0 Å². The lowest BCUT2D eigenvalue weighted by Crippen LogP contribution is -2.45. The van der Waals surface area contributed by atoms with Crippen LogP contribution in [0.3, 0.4) is 0 Å². The third kappa shape index (κ3) is 4.58. The van der Waals surface area contributed by atoms with E-state index in [0.717, 1.165) is 18.9 Å². The summed E-state index contributed by atoms with van der Waals surface area (Å²) in [4.78, 5) is 21.1. The maximum absolute atomic E-state index is 13.2. The fraction of sp³-hybridized carbons (Fsp3) is 0.435. The molecule has 0 radical (unpaired) electrons. The Balaban J connectivity index is 1.77. The van der Waals surface area contributed by atoms with E-state index in [1.165, 1.54) is 19.2 Å². The zero-order chi connectivity index (χ0) is 24.6. The molecule has 3 atom stereocenters. The van der Waals surface area contributed by atoms with Gasteiger partial charge < -0.3 is 25.3 Å². The highest BCUT2D eigenvalue weighted by Gasteiger charge is 2.34. The fourth-order valence-electron chi connectivity index (χ4n) is 4.14. The number of nitrogens with zero attached hydrogens (tertiary/aromatic N) is 2. The van der Waals surface area contributed by atoms with Gasteiger partial charge in [-0.05, 0) is 44.0 Å². The number of aliphatic hydroxyl groups excluding tert-OH is 1. The number of hydrogen-bond donors (Lipinski definition) is 3. The average molecular weight is 478 g/mol. The van der Waals surface area contributed by atoms with Crippen molar-refractivity contribution in [2.24, 2.45) is 5.73 Å². The number of nitrogens with two attached hydrogens (primary N) is 1. The number of fused-ring (bicyclic) bond motifs is 1. The van der Waals surface area contributed by atoms with Gasteiger partial charge in [0.1, 0.15) is 17.0 Å². The second-order valence-electron chi connectivity index (χ2n) is 8.36. The minimum absolute atomic E-state index is 0.0101. The summed E-state index contributed by atoms with van der Waals surface area (Å²) in [6.07, 6.45) is -2.27. The van der Waals surface area contributed by atoms with E-state index >= 15 is 0 Å². The van der Waals surface area contributed by atoms with Gasteiger partial charge in [0.2, 0.25) is 5.89 Å². The molecule has 1 aliphatic carbocycles. The summed E-state index contributed by atoms with van der Waals surface area (Å²) in [7, 11) is 1.33. The van der Waals surface area contributed by atoms with Crippen molar-refractivity contribution >= 4 is 16.8 Å². The van der Waals surface area contributed by atoms with E-state index in [1.807, 2.05) is 0 Å². The van der Waals surface area contributed by atoms with Crippen molar-refractivity contribution in [1.82, 2.24) is 15.3 Å². The molecule has 4 rings (SSSR count). The smallest absolute Gasteiger partial charge is 0.433 e. The normalized spacial score (nSPS) is 19.7. The molecule has 2 heterocycles. The van der Waals surface area contributed by atoms with Crippen LogP contribution in [0.15, 0.2) is 28.7 Å². The summed E-state index contributed by atoms with van der Waals surface area (Å²) in [6, 6.07) is 4.06. The lowest BCUT2D eigenvalue weighted by atomic mass is 9.92. The SMILES string of the molecule is COc1ccc(-c2nc(C(=O)N[C@@H]3CCCC[C@H]3O)c([C@H](C)N)o2)c2ccc(C(F)(F)F)nc12. The number of rotatable bonds is 5. The number of carbonyl (C=O) groups excluding carboxylic acids is 1. The van der Waals surface area contributed by atoms with Gasteiger partial charge in [-0.1, -0.05) is 12.8 Å². The standard InChI is InChI=1S/C23H25F3N4O4/c1-11(27)20-19(21(32)28-14-5-3-4-6-15(14)31)30-22(34-20)13-7-9-16(33-2)18-12(13)8-10-17(29-18)23(24,25)26/h7-11,14-15,31H,3-6,27H2,1-2H3,(H,28,32)/t11-,14+,15+/m0/s1. The van der Waals surface area contributed by atoms with Crippen LogP contribution in [0.5, 0.6) is 5.75 Å². The third-order valence-corrected chi connectivity index (χ3v) is 5.89. The first kappa shape index (κ1) is 24.0. The largest absolute Gasteiger partial charge is 0.494 e. The molecule has 0 unspecified atom stereocenters. The molecular formula is C23H25F3N4O4. The summed E-state index contributed by atoms with van der Waals surface area (Å²) < 4.78 is 50.7. The van der Waals surface area contributed by atoms with Crippen LogP contribution in [-0.4, -0.2) is 40.2 Å². The minimum atomic E-state index is -4.63. The Kier molecular flexibility index (Phi) is 6.50. The van der Waals surface area contributed by atoms with E-state index in [-0.39, 0.29) is 28.6 Å². The maximum Gasteiger partial charge on any atom is 0.433 e. The van der Waals surface area contributed by atoms with Crippen molar-refractivity contribution in [3.63, 3.8) is 0 Å². The number of amides is 1. The molecule has 0 saturated heterocycles. The monoisotopic (exact) mass is 478 g/mol. The Morgan fingerprint density at radius 3 is 2.62 bits per heavy atom. The van der Waals surface area contributed by atoms with E-state index in [9.17, 15) is 23.1 Å². The first-order chi connectivity index (χ1) is 16.1. The minimum Gasteiger partial charge on any atom is -0.494 e. The Morgan fingerprint density at radius 2 is 1.97 bits per heavy atom. The Morgan fingerprint density at radius 1 is 1.24 bits per heavy atom. The summed E-state index contributed by atoms with van der Waals surface area (Å²) in [5.41, 5.74) is 5.22. The number of pyridine rings is 1. The predicted molar refractivity (Wildman–Crippen MR) is 117 cm³/mol. The fourth-order valence-corrected chi connectivity index (χ4v) is 4.14. The molecule has 34 heavy (non-hydrogen) atoms. The number of carbonyl (C=O) groups is 1. The first-order valence-electron chi connectivity index (χ1n) is 10.9. The predicted octanol–water partition coefficient (Wildman–Crippen LogP) is 3.97. The molecule has 3 aromatic rings. The number of hydrogen-bond acceptors (Lipinski definition) is 7. The quantitative estimate of drug-likeness (QED) is 0.507. The Labute approximate surface area is 193 Å². The highest BCUT2D eigenvalue weighted by molar-refractivity contribution is 5.98. The lowest BCUT2D eigenvalue weighted by molar-refractivity contribution is -0.140. The van der Waals surface area contributed by atoms with Crippen molar-refractivity contribution in [3.8, 4) is 17.2 Å². The molecule has 1 amide bonds. The Hall–Kier alpha value is -3.18. The van der Waals surface area contributed by atoms with Gasteiger partial charge in [0, 0.05) is 10.9 Å². The second kappa shape index (κ2) is 9.22. The van der Waals surface area contributed by atoms with Crippen molar-refractivity contribution in [2.75, 3.05) is 7.11 Å². The van der Waals surface area contributed by atoms with Crippen molar-refractivity contribution in [1.29, 1.82) is 0 Å². The van der Waals surface area contributed by atoms with E-state index in [2.05, 4.69) is 15.3 Å². The topological polar surface area (TPSA) is 124 Å². The molecule has 0 spiro atoms. The van der Waals surface area contributed by atoms with Gasteiger partial charge in [0.15, 0.2) is 11.5 Å². The summed E-state index contributed by atoms with van der Waals surface area (Å²) in [5.74, 6) is -0.255. The molecule has 2 aromatic heterocycles. The van der Waals surface area contributed by atoms with E-state index in [1.54, 1.807) is 13.0 Å². The average Bonchev–Trinajstić information content (AvgIpc) is 3.24. The molecule has 1 saturated carbocycles. The van der Waals surface area contributed by atoms with E-state index in [0.29, 0.717) is 23.8 Å². The van der Waals surface area contributed by atoms with Gasteiger partial charge in [-0.3, -0.25) is 4.79 Å². The summed E-state index contributed by atoms with van der Waals surface area (Å²) in [6.45, 7) is 1.62. The van der Waals surface area contributed by atoms with E-state index in [4.69, 9.17) is 14.9 Å². The van der Waals surface area contributed by atoms with Crippen molar-refractivity contribution in [3.05, 3.63) is 41.4 Å². The number of oxazole rings is 1. The van der Waals surface area contributed by atoms with Gasteiger partial charge in [-0.25, -0.2) is 9.97 Å². The Bertz CT molecular complexity index is 1210. The van der Waals surface area contributed by atoms with Crippen LogP contribution in [-0.2, 0) is 6.18 Å². The van der Waals surface area contributed by atoms with Crippen molar-refractivity contribution < 1.29 is 32.2 Å². The zero-order valence-electron chi connectivity index (χ0n) is 18.6. The highest BCUT2D eigenvalue weighted by Crippen LogP contribution is 2.37. The molecule has 4 N–H and O–H groups in total. The summed E-state index contributed by atoms with van der Waals surface area (Å²) >= 11 is 0. The lowest BCUT2D eigenvalue weighted by Gasteiger charge is -2.28. The number of halogens is 3. The molecule has 1 fully saturated rings. The van der Waals surface area contributed by atoms with Crippen LogP contribution in [0, 0.1) is 0 Å². The van der Waals surface area contributed by atoms with Gasteiger partial charge >= 0.3 is 6.18 Å². The third-order valence-electron chi connectivity index (χ3n) is 5.89. The van der Waals surface area contributed by atoms with Crippen LogP contribution < -0.4 is 15.8 Å². The molecular weight excluding hydrogens is 453 g/mol. The number of benzene rings is 1. The van der Waals surface area contributed by atoms with Crippen LogP contribution >= 0.6 is 0 Å². The molecule has 0 bridgehead atoms. The molecule has 182 valence electrons. The van der Waals surface area contributed by atoms with Crippen LogP contribution in [0.1, 0.15) is 60.6 Å². The van der Waals surface area contributed by atoms with E-state index < -0.39 is 36.0 Å². The molecule has 8 nitrogen and oxygen atoms in total. The van der Waals surface area contributed by atoms with Gasteiger partial charge in [0.25, 0.3) is 5.91 Å². The van der Waals surface area contributed by atoms with Gasteiger partial charge in [-0.2, -0.15) is 13.2 Å². The number of aliphatic hydroxyl groups is 1. The molecule has 0 aliphatic heterocycles. The first-order valence-corrected chi connectivity index (χ1v) is 10.9. The number of aromatic nitrogens is 2. The van der Waals surface area contributed by atoms with Gasteiger partial charge in [-0.15, -0.1) is 0 Å². The number of alkyl halides is 3. The number of ether oxygens (including phenoxy) is 1. The highest BCUT2D eigenvalue weighted by atomic mass is 19.4. The maximum atomic E-state index is 13.2. The van der Waals surface area contributed by atoms with Crippen molar-refractivity contribution in [2.45, 2.75) is 57.0 Å². The summed E-state index contributed by atoms with van der Waals surface area (Å²) in [5, 5.41) is 13.3. The van der Waals surface area contributed by atoms with Gasteiger partial charge in [0.05, 0.1) is 25.3 Å². The number of methoxy groups -OCH3 is 1. The molecule has 11 heteroatoms. The van der Waals surface area contributed by atoms with Crippen LogP contribution in [0.25, 0.3) is 22.4 Å². The van der Waals surface area contributed by atoms with Crippen LogP contribution in [0.4, 0.5) is 13.2 Å². The molecule has 1 aromatic carbocycles. The zero-order valence-corrected chi connectivity index (χ0v) is 18.6. The molecule has 1 aliphatic rings. The number of nitrogens with one attached hydrogen (secondary N) is 1. The second-order valence-corrected chi connectivity index (χ2v) is 8.36.